The van der Waals surface area contributed by atoms with E-state index in [1.54, 1.807) is 0 Å². The molecule has 0 aliphatic rings. The van der Waals surface area contributed by atoms with Gasteiger partial charge in [0.25, 0.3) is 5.91 Å². The Hall–Kier alpha value is -3.41. The molecular weight excluding hydrogens is 374 g/mol. The van der Waals surface area contributed by atoms with E-state index in [4.69, 9.17) is 15.7 Å². The van der Waals surface area contributed by atoms with Gasteiger partial charge in [-0.1, -0.05) is 38.1 Å². The first-order chi connectivity index (χ1) is 14.4. The number of nitrogens with one attached hydrogen (secondary N) is 1. The summed E-state index contributed by atoms with van der Waals surface area (Å²) in [5.74, 6) is 0.644. The van der Waals surface area contributed by atoms with Gasteiger partial charge in [0.1, 0.15) is 16.9 Å². The summed E-state index contributed by atoms with van der Waals surface area (Å²) >= 11 is 0. The van der Waals surface area contributed by atoms with Crippen molar-refractivity contribution in [2.45, 2.75) is 34.1 Å². The zero-order valence-electron chi connectivity index (χ0n) is 17.9. The van der Waals surface area contributed by atoms with Crippen LogP contribution < -0.4 is 11.1 Å². The molecule has 0 fully saturated rings. The molecule has 0 saturated carbocycles. The minimum Gasteiger partial charge on any atom is -0.384 e. The topological polar surface area (TPSA) is 85.8 Å². The molecule has 0 aliphatic heterocycles. The van der Waals surface area contributed by atoms with Crippen molar-refractivity contribution in [1.29, 1.82) is 0 Å². The van der Waals surface area contributed by atoms with E-state index in [0.29, 0.717) is 35.0 Å². The fourth-order valence-electron chi connectivity index (χ4n) is 3.65. The number of aromatic nitrogens is 3. The molecule has 1 amide bonds. The van der Waals surface area contributed by atoms with Gasteiger partial charge in [-0.25, -0.2) is 9.97 Å². The summed E-state index contributed by atoms with van der Waals surface area (Å²) in [6.07, 6.45) is 0.899. The summed E-state index contributed by atoms with van der Waals surface area (Å²) in [5.41, 5.74) is 12.6. The molecule has 0 unspecified atom stereocenters. The molecule has 2 heterocycles. The van der Waals surface area contributed by atoms with E-state index in [1.165, 1.54) is 0 Å². The van der Waals surface area contributed by atoms with Crippen molar-refractivity contribution < 1.29 is 4.79 Å². The van der Waals surface area contributed by atoms with Crippen LogP contribution >= 0.6 is 0 Å². The van der Waals surface area contributed by atoms with Crippen LogP contribution in [-0.4, -0.2) is 27.0 Å². The van der Waals surface area contributed by atoms with Crippen LogP contribution in [0.3, 0.4) is 0 Å². The highest BCUT2D eigenvalue weighted by atomic mass is 16.1. The van der Waals surface area contributed by atoms with Crippen LogP contribution in [0.2, 0.25) is 0 Å². The third-order valence-electron chi connectivity index (χ3n) is 5.34. The van der Waals surface area contributed by atoms with E-state index in [9.17, 15) is 4.79 Å². The zero-order chi connectivity index (χ0) is 21.4. The zero-order valence-corrected chi connectivity index (χ0v) is 17.9. The van der Waals surface area contributed by atoms with Gasteiger partial charge in [-0.15, -0.1) is 0 Å². The normalized spacial score (nSPS) is 11.5. The predicted octanol–water partition coefficient (Wildman–Crippen LogP) is 4.55. The standard InChI is InChI=1S/C24H27N5O/c1-14(2)11-12-26-24(30)20-21-23(28-18-8-6-5-7-17(18)27-21)29(22(20)25)19-13-15(3)9-10-16(19)4/h5-10,13-14H,11-12,25H2,1-4H3,(H,26,30). The molecule has 6 nitrogen and oxygen atoms in total. The molecule has 0 spiro atoms. The van der Waals surface area contributed by atoms with Gasteiger partial charge in [0.2, 0.25) is 0 Å². The Bertz CT molecular complexity index is 1260. The molecule has 0 saturated heterocycles. The van der Waals surface area contributed by atoms with Crippen molar-refractivity contribution in [3.05, 3.63) is 59.2 Å². The van der Waals surface area contributed by atoms with Crippen LogP contribution in [0.15, 0.2) is 42.5 Å². The van der Waals surface area contributed by atoms with Gasteiger partial charge in [-0.3, -0.25) is 9.36 Å². The van der Waals surface area contributed by atoms with E-state index in [1.807, 2.05) is 48.7 Å². The second kappa shape index (κ2) is 7.78. The van der Waals surface area contributed by atoms with E-state index in [2.05, 4.69) is 31.3 Å². The summed E-state index contributed by atoms with van der Waals surface area (Å²) in [6.45, 7) is 8.91. The SMILES string of the molecule is Cc1ccc(C)c(-n2c(N)c(C(=O)NCCC(C)C)c3nc4ccccc4nc32)c1. The first kappa shape index (κ1) is 19.9. The number of carbonyl (C=O) groups excluding carboxylic acids is 1. The van der Waals surface area contributed by atoms with E-state index in [0.717, 1.165) is 34.3 Å². The van der Waals surface area contributed by atoms with E-state index < -0.39 is 0 Å². The highest BCUT2D eigenvalue weighted by Gasteiger charge is 2.25. The summed E-state index contributed by atoms with van der Waals surface area (Å²) in [5, 5.41) is 3.00. The molecule has 6 heteroatoms. The van der Waals surface area contributed by atoms with Gasteiger partial charge in [-0.05, 0) is 55.5 Å². The van der Waals surface area contributed by atoms with Crippen molar-refractivity contribution in [2.75, 3.05) is 12.3 Å². The monoisotopic (exact) mass is 401 g/mol. The Morgan fingerprint density at radius 1 is 1.10 bits per heavy atom. The fourth-order valence-corrected chi connectivity index (χ4v) is 3.65. The lowest BCUT2D eigenvalue weighted by molar-refractivity contribution is 0.0954. The number of nitrogens with two attached hydrogens (primary N) is 1. The summed E-state index contributed by atoms with van der Waals surface area (Å²) < 4.78 is 1.86. The molecule has 0 atom stereocenters. The minimum atomic E-state index is -0.216. The molecule has 4 rings (SSSR count). The maximum atomic E-state index is 13.1. The fraction of sp³-hybridized carbons (Fsp3) is 0.292. The highest BCUT2D eigenvalue weighted by Crippen LogP contribution is 2.32. The molecular formula is C24H27N5O. The Morgan fingerprint density at radius 2 is 1.80 bits per heavy atom. The number of hydrogen-bond acceptors (Lipinski definition) is 4. The maximum absolute atomic E-state index is 13.1. The Kier molecular flexibility index (Phi) is 5.16. The van der Waals surface area contributed by atoms with Crippen molar-refractivity contribution >= 4 is 33.9 Å². The van der Waals surface area contributed by atoms with Gasteiger partial charge in [0.05, 0.1) is 16.7 Å². The number of nitrogen functional groups attached to an aromatic ring is 1. The van der Waals surface area contributed by atoms with Gasteiger partial charge in [0, 0.05) is 6.54 Å². The van der Waals surface area contributed by atoms with Crippen LogP contribution in [-0.2, 0) is 0 Å². The van der Waals surface area contributed by atoms with Crippen molar-refractivity contribution in [3.8, 4) is 5.69 Å². The van der Waals surface area contributed by atoms with E-state index >= 15 is 0 Å². The minimum absolute atomic E-state index is 0.216. The first-order valence-corrected chi connectivity index (χ1v) is 10.3. The average molecular weight is 402 g/mol. The maximum Gasteiger partial charge on any atom is 0.257 e. The quantitative estimate of drug-likeness (QED) is 0.514. The second-order valence-electron chi connectivity index (χ2n) is 8.21. The number of aryl methyl sites for hydroxylation is 2. The van der Waals surface area contributed by atoms with Gasteiger partial charge in [-0.2, -0.15) is 0 Å². The number of fused-ring (bicyclic) bond motifs is 2. The van der Waals surface area contributed by atoms with E-state index in [-0.39, 0.29) is 5.91 Å². The lowest BCUT2D eigenvalue weighted by Crippen LogP contribution is -2.26. The Morgan fingerprint density at radius 3 is 2.50 bits per heavy atom. The molecule has 0 aliphatic carbocycles. The molecule has 3 N–H and O–H groups in total. The number of nitrogens with zero attached hydrogens (tertiary/aromatic N) is 3. The number of benzene rings is 2. The number of anilines is 1. The smallest absolute Gasteiger partial charge is 0.257 e. The third-order valence-corrected chi connectivity index (χ3v) is 5.34. The largest absolute Gasteiger partial charge is 0.384 e. The van der Waals surface area contributed by atoms with Crippen LogP contribution in [0.4, 0.5) is 5.82 Å². The number of rotatable bonds is 5. The number of carbonyl (C=O) groups is 1. The van der Waals surface area contributed by atoms with Gasteiger partial charge >= 0.3 is 0 Å². The molecule has 0 radical (unpaired) electrons. The Balaban J connectivity index is 1.97. The summed E-state index contributed by atoms with van der Waals surface area (Å²) in [7, 11) is 0. The predicted molar refractivity (Wildman–Crippen MR) is 122 cm³/mol. The van der Waals surface area contributed by atoms with Crippen LogP contribution in [0.5, 0.6) is 0 Å². The van der Waals surface area contributed by atoms with Crippen LogP contribution in [0, 0.1) is 19.8 Å². The first-order valence-electron chi connectivity index (χ1n) is 10.3. The van der Waals surface area contributed by atoms with Gasteiger partial charge in [0.15, 0.2) is 5.65 Å². The molecule has 2 aromatic carbocycles. The molecule has 0 bridgehead atoms. The summed E-state index contributed by atoms with van der Waals surface area (Å²) in [4.78, 5) is 22.7. The van der Waals surface area contributed by atoms with Crippen LogP contribution in [0.25, 0.3) is 27.9 Å². The lowest BCUT2D eigenvalue weighted by atomic mass is 10.1. The van der Waals surface area contributed by atoms with Crippen molar-refractivity contribution in [2.24, 2.45) is 5.92 Å². The molecule has 4 aromatic rings. The number of para-hydroxylation sites is 2. The molecule has 30 heavy (non-hydrogen) atoms. The average Bonchev–Trinajstić information content (AvgIpc) is 2.98. The van der Waals surface area contributed by atoms with Gasteiger partial charge < -0.3 is 11.1 Å². The van der Waals surface area contributed by atoms with Crippen molar-refractivity contribution in [3.63, 3.8) is 0 Å². The Labute approximate surface area is 176 Å². The molecule has 154 valence electrons. The van der Waals surface area contributed by atoms with Crippen LogP contribution in [0.1, 0.15) is 41.8 Å². The number of hydrogen-bond donors (Lipinski definition) is 2. The summed E-state index contributed by atoms with van der Waals surface area (Å²) in [6, 6.07) is 13.8. The second-order valence-corrected chi connectivity index (χ2v) is 8.21. The third kappa shape index (κ3) is 3.49. The van der Waals surface area contributed by atoms with Crippen molar-refractivity contribution in [1.82, 2.24) is 19.9 Å². The number of amides is 1. The molecule has 2 aromatic heterocycles. The lowest BCUT2D eigenvalue weighted by Gasteiger charge is -2.12. The highest BCUT2D eigenvalue weighted by molar-refractivity contribution is 6.11.